The lowest BCUT2D eigenvalue weighted by Crippen LogP contribution is -2.46. The summed E-state index contributed by atoms with van der Waals surface area (Å²) in [4.78, 5) is 4.30. The van der Waals surface area contributed by atoms with E-state index >= 15 is 0 Å². The molecule has 0 aliphatic rings. The van der Waals surface area contributed by atoms with Gasteiger partial charge in [-0.2, -0.15) is 5.10 Å². The van der Waals surface area contributed by atoms with E-state index in [4.69, 9.17) is 10.5 Å². The van der Waals surface area contributed by atoms with E-state index in [1.54, 1.807) is 13.4 Å². The highest BCUT2D eigenvalue weighted by molar-refractivity contribution is 4.97. The molecular weight excluding hydrogens is 216 g/mol. The molecule has 0 bridgehead atoms. The number of rotatable bonds is 7. The molecule has 1 unspecified atom stereocenters. The Morgan fingerprint density at radius 1 is 1.53 bits per heavy atom. The number of nitrogens with two attached hydrogens (primary N) is 1. The first kappa shape index (κ1) is 14.1. The van der Waals surface area contributed by atoms with Crippen molar-refractivity contribution in [1.82, 2.24) is 14.8 Å². The van der Waals surface area contributed by atoms with Crippen LogP contribution >= 0.6 is 0 Å². The van der Waals surface area contributed by atoms with E-state index in [-0.39, 0.29) is 5.54 Å². The Labute approximate surface area is 103 Å². The van der Waals surface area contributed by atoms with E-state index in [2.05, 4.69) is 30.9 Å². The van der Waals surface area contributed by atoms with Crippen LogP contribution in [0, 0.1) is 5.92 Å². The van der Waals surface area contributed by atoms with Gasteiger partial charge in [-0.1, -0.05) is 20.8 Å². The fourth-order valence-electron chi connectivity index (χ4n) is 1.80. The molecule has 5 heteroatoms. The maximum absolute atomic E-state index is 6.29. The molecule has 1 heterocycles. The first-order chi connectivity index (χ1) is 8.00. The molecule has 5 nitrogen and oxygen atoms in total. The predicted octanol–water partition coefficient (Wildman–Crippen LogP) is 1.23. The second-order valence-corrected chi connectivity index (χ2v) is 5.08. The number of hydrogen-bond donors (Lipinski definition) is 1. The minimum atomic E-state index is -0.351. The normalized spacial score (nSPS) is 15.2. The molecule has 1 atom stereocenters. The zero-order valence-electron chi connectivity index (χ0n) is 11.3. The molecule has 0 saturated carbocycles. The van der Waals surface area contributed by atoms with Crippen molar-refractivity contribution >= 4 is 0 Å². The summed E-state index contributed by atoms with van der Waals surface area (Å²) in [5.41, 5.74) is 5.94. The third-order valence-corrected chi connectivity index (χ3v) is 2.88. The second kappa shape index (κ2) is 6.12. The van der Waals surface area contributed by atoms with E-state index in [1.165, 1.54) is 0 Å². The van der Waals surface area contributed by atoms with Crippen LogP contribution in [0.3, 0.4) is 0 Å². The Morgan fingerprint density at radius 2 is 2.24 bits per heavy atom. The molecule has 17 heavy (non-hydrogen) atoms. The van der Waals surface area contributed by atoms with Crippen molar-refractivity contribution in [2.24, 2.45) is 11.7 Å². The van der Waals surface area contributed by atoms with E-state index in [9.17, 15) is 0 Å². The average Bonchev–Trinajstić information content (AvgIpc) is 2.65. The lowest BCUT2D eigenvalue weighted by Gasteiger charge is -2.27. The first-order valence-corrected chi connectivity index (χ1v) is 6.15. The van der Waals surface area contributed by atoms with Gasteiger partial charge in [0.2, 0.25) is 0 Å². The quantitative estimate of drug-likeness (QED) is 0.778. The van der Waals surface area contributed by atoms with Crippen LogP contribution in [0.15, 0.2) is 6.33 Å². The zero-order chi connectivity index (χ0) is 12.9. The molecule has 2 N–H and O–H groups in total. The highest BCUT2D eigenvalue weighted by atomic mass is 16.5. The summed E-state index contributed by atoms with van der Waals surface area (Å²) in [5.74, 6) is 1.49. The monoisotopic (exact) mass is 240 g/mol. The number of nitrogens with zero attached hydrogens (tertiary/aromatic N) is 3. The van der Waals surface area contributed by atoms with Gasteiger partial charge in [0.05, 0.1) is 6.61 Å². The van der Waals surface area contributed by atoms with Gasteiger partial charge in [-0.05, 0) is 12.3 Å². The van der Waals surface area contributed by atoms with Gasteiger partial charge in [0.15, 0.2) is 0 Å². The fourth-order valence-corrected chi connectivity index (χ4v) is 1.80. The molecule has 0 spiro atoms. The van der Waals surface area contributed by atoms with Gasteiger partial charge in [0.1, 0.15) is 12.2 Å². The SMILES string of the molecule is CCC(N)(COC)Cc1ncnn1CC(C)C. The predicted molar refractivity (Wildman–Crippen MR) is 67.6 cm³/mol. The Hall–Kier alpha value is -0.940. The molecule has 1 rings (SSSR count). The van der Waals surface area contributed by atoms with Crippen molar-refractivity contribution in [3.8, 4) is 0 Å². The fraction of sp³-hybridized carbons (Fsp3) is 0.833. The molecule has 0 aliphatic heterocycles. The molecule has 0 aliphatic carbocycles. The molecule has 0 amide bonds. The molecular formula is C12H24N4O. The molecule has 1 aromatic rings. The Morgan fingerprint density at radius 3 is 2.76 bits per heavy atom. The summed E-state index contributed by atoms with van der Waals surface area (Å²) in [6.07, 6.45) is 3.15. The van der Waals surface area contributed by atoms with Crippen molar-refractivity contribution in [3.63, 3.8) is 0 Å². The van der Waals surface area contributed by atoms with Crippen molar-refractivity contribution in [2.75, 3.05) is 13.7 Å². The van der Waals surface area contributed by atoms with Gasteiger partial charge >= 0.3 is 0 Å². The second-order valence-electron chi connectivity index (χ2n) is 5.08. The summed E-state index contributed by atoms with van der Waals surface area (Å²) in [6.45, 7) is 7.81. The molecule has 98 valence electrons. The Balaban J connectivity index is 2.76. The van der Waals surface area contributed by atoms with Crippen LogP contribution in [-0.2, 0) is 17.7 Å². The van der Waals surface area contributed by atoms with Crippen molar-refractivity contribution < 1.29 is 4.74 Å². The van der Waals surface area contributed by atoms with Crippen molar-refractivity contribution in [1.29, 1.82) is 0 Å². The van der Waals surface area contributed by atoms with Crippen LogP contribution < -0.4 is 5.73 Å². The minimum absolute atomic E-state index is 0.351. The minimum Gasteiger partial charge on any atom is -0.383 e. The highest BCUT2D eigenvalue weighted by Gasteiger charge is 2.25. The topological polar surface area (TPSA) is 66.0 Å². The summed E-state index contributed by atoms with van der Waals surface area (Å²) in [7, 11) is 1.68. The van der Waals surface area contributed by atoms with Gasteiger partial charge in [-0.15, -0.1) is 0 Å². The highest BCUT2D eigenvalue weighted by Crippen LogP contribution is 2.14. The summed E-state index contributed by atoms with van der Waals surface area (Å²) in [5, 5.41) is 4.24. The number of hydrogen-bond acceptors (Lipinski definition) is 4. The average molecular weight is 240 g/mol. The lowest BCUT2D eigenvalue weighted by atomic mass is 9.94. The molecule has 0 saturated heterocycles. The number of methoxy groups -OCH3 is 1. The standard InChI is InChI=1S/C12H24N4O/c1-5-12(13,8-17-4)6-11-14-9-15-16(11)7-10(2)3/h9-10H,5-8,13H2,1-4H3. The van der Waals surface area contributed by atoms with Gasteiger partial charge in [0, 0.05) is 25.6 Å². The van der Waals surface area contributed by atoms with E-state index in [0.29, 0.717) is 18.9 Å². The maximum atomic E-state index is 6.29. The van der Waals surface area contributed by atoms with Crippen LogP contribution in [0.5, 0.6) is 0 Å². The van der Waals surface area contributed by atoms with Crippen LogP contribution in [0.2, 0.25) is 0 Å². The van der Waals surface area contributed by atoms with E-state index in [0.717, 1.165) is 18.8 Å². The third-order valence-electron chi connectivity index (χ3n) is 2.88. The van der Waals surface area contributed by atoms with Gasteiger partial charge in [0.25, 0.3) is 0 Å². The van der Waals surface area contributed by atoms with Gasteiger partial charge in [-0.3, -0.25) is 0 Å². The van der Waals surface area contributed by atoms with Crippen molar-refractivity contribution in [2.45, 2.75) is 45.7 Å². The van der Waals surface area contributed by atoms with Gasteiger partial charge in [-0.25, -0.2) is 9.67 Å². The van der Waals surface area contributed by atoms with Gasteiger partial charge < -0.3 is 10.5 Å². The van der Waals surface area contributed by atoms with Crippen LogP contribution in [0.4, 0.5) is 0 Å². The largest absolute Gasteiger partial charge is 0.383 e. The molecule has 0 radical (unpaired) electrons. The maximum Gasteiger partial charge on any atom is 0.138 e. The Bertz CT molecular complexity index is 337. The summed E-state index contributed by atoms with van der Waals surface area (Å²) < 4.78 is 7.13. The smallest absolute Gasteiger partial charge is 0.138 e. The summed E-state index contributed by atoms with van der Waals surface area (Å²) >= 11 is 0. The van der Waals surface area contributed by atoms with Crippen LogP contribution in [0.1, 0.15) is 33.0 Å². The van der Waals surface area contributed by atoms with E-state index < -0.39 is 0 Å². The lowest BCUT2D eigenvalue weighted by molar-refractivity contribution is 0.127. The van der Waals surface area contributed by atoms with E-state index in [1.807, 2.05) is 4.68 Å². The Kier molecular flexibility index (Phi) is 5.08. The first-order valence-electron chi connectivity index (χ1n) is 6.15. The van der Waals surface area contributed by atoms with Crippen molar-refractivity contribution in [3.05, 3.63) is 12.2 Å². The van der Waals surface area contributed by atoms with Crippen LogP contribution in [0.25, 0.3) is 0 Å². The number of ether oxygens (including phenoxy) is 1. The zero-order valence-corrected chi connectivity index (χ0v) is 11.3. The molecule has 0 fully saturated rings. The summed E-state index contributed by atoms with van der Waals surface area (Å²) in [6, 6.07) is 0. The third kappa shape index (κ3) is 4.09. The molecule has 1 aromatic heterocycles. The molecule has 0 aromatic carbocycles. The number of aromatic nitrogens is 3. The van der Waals surface area contributed by atoms with Crippen LogP contribution in [-0.4, -0.2) is 34.0 Å².